The Hall–Kier alpha value is -0.610. The van der Waals surface area contributed by atoms with Crippen molar-refractivity contribution in [3.8, 4) is 0 Å². The first-order valence-corrected chi connectivity index (χ1v) is 5.34. The van der Waals surface area contributed by atoms with E-state index in [1.165, 1.54) is 0 Å². The third-order valence-corrected chi connectivity index (χ3v) is 3.57. The highest BCUT2D eigenvalue weighted by molar-refractivity contribution is 5.78. The van der Waals surface area contributed by atoms with E-state index in [0.29, 0.717) is 24.4 Å². The zero-order valence-electron chi connectivity index (χ0n) is 8.49. The van der Waals surface area contributed by atoms with E-state index in [1.807, 2.05) is 0 Å². The Balaban J connectivity index is 1.78. The maximum atomic E-state index is 11.3. The summed E-state index contributed by atoms with van der Waals surface area (Å²) in [5.74, 6) is 1.05. The van der Waals surface area contributed by atoms with Gasteiger partial charge in [-0.1, -0.05) is 0 Å². The lowest BCUT2D eigenvalue weighted by atomic mass is 9.71. The molecule has 0 spiro atoms. The van der Waals surface area contributed by atoms with Gasteiger partial charge >= 0.3 is 0 Å². The molecule has 4 atom stereocenters. The van der Waals surface area contributed by atoms with Crippen molar-refractivity contribution in [3.05, 3.63) is 0 Å². The Bertz CT molecular complexity index is 232. The van der Waals surface area contributed by atoms with Gasteiger partial charge in [-0.2, -0.15) is 0 Å². The second-order valence-corrected chi connectivity index (χ2v) is 4.41. The maximum absolute atomic E-state index is 11.3. The van der Waals surface area contributed by atoms with Crippen LogP contribution in [0.3, 0.4) is 0 Å². The van der Waals surface area contributed by atoms with Crippen LogP contribution in [0.1, 0.15) is 19.3 Å². The van der Waals surface area contributed by atoms with Crippen LogP contribution in [-0.2, 0) is 4.79 Å². The summed E-state index contributed by atoms with van der Waals surface area (Å²) in [4.78, 5) is 11.3. The van der Waals surface area contributed by atoms with Crippen LogP contribution in [0, 0.1) is 11.8 Å². The Labute approximate surface area is 84.1 Å². The van der Waals surface area contributed by atoms with Gasteiger partial charge in [0.05, 0.1) is 12.6 Å². The molecule has 3 N–H and O–H groups in total. The molecule has 0 aromatic rings. The third kappa shape index (κ3) is 1.64. The molecule has 2 rings (SSSR count). The molecule has 0 aromatic carbocycles. The second-order valence-electron chi connectivity index (χ2n) is 4.41. The van der Waals surface area contributed by atoms with Crippen molar-refractivity contribution < 1.29 is 9.90 Å². The summed E-state index contributed by atoms with van der Waals surface area (Å²) in [6, 6.07) is 0.318. The Morgan fingerprint density at radius 2 is 2.21 bits per heavy atom. The molecule has 2 fully saturated rings. The molecule has 0 aromatic heterocycles. The van der Waals surface area contributed by atoms with Crippen LogP contribution >= 0.6 is 0 Å². The molecule has 1 amide bonds. The topological polar surface area (TPSA) is 61.4 Å². The molecule has 2 aliphatic carbocycles. The van der Waals surface area contributed by atoms with Gasteiger partial charge in [-0.25, -0.2) is 0 Å². The van der Waals surface area contributed by atoms with Crippen LogP contribution in [0.25, 0.3) is 0 Å². The van der Waals surface area contributed by atoms with E-state index in [2.05, 4.69) is 10.6 Å². The van der Waals surface area contributed by atoms with Crippen molar-refractivity contribution in [2.24, 2.45) is 11.8 Å². The van der Waals surface area contributed by atoms with Crippen LogP contribution in [0.2, 0.25) is 0 Å². The first kappa shape index (κ1) is 9.93. The van der Waals surface area contributed by atoms with Crippen molar-refractivity contribution in [1.82, 2.24) is 10.6 Å². The van der Waals surface area contributed by atoms with Crippen molar-refractivity contribution in [2.45, 2.75) is 31.4 Å². The molecule has 80 valence electrons. The fourth-order valence-electron chi connectivity index (χ4n) is 2.76. The Morgan fingerprint density at radius 3 is 2.86 bits per heavy atom. The van der Waals surface area contributed by atoms with Crippen LogP contribution in [0.4, 0.5) is 0 Å². The van der Waals surface area contributed by atoms with E-state index >= 15 is 0 Å². The molecular weight excluding hydrogens is 180 g/mol. The SMILES string of the molecule is CNCC(=O)NC1CC2C(O)CCC12. The van der Waals surface area contributed by atoms with Gasteiger partial charge in [0.25, 0.3) is 0 Å². The predicted octanol–water partition coefficient (Wildman–Crippen LogP) is -0.519. The monoisotopic (exact) mass is 198 g/mol. The average Bonchev–Trinajstić information content (AvgIpc) is 2.39. The first-order chi connectivity index (χ1) is 6.72. The fourth-order valence-corrected chi connectivity index (χ4v) is 2.76. The summed E-state index contributed by atoms with van der Waals surface area (Å²) in [6.45, 7) is 0.385. The molecule has 0 heterocycles. The summed E-state index contributed by atoms with van der Waals surface area (Å²) in [6.07, 6.45) is 2.82. The number of amides is 1. The number of carbonyl (C=O) groups is 1. The third-order valence-electron chi connectivity index (χ3n) is 3.57. The normalized spacial score (nSPS) is 40.1. The minimum atomic E-state index is -0.113. The molecule has 14 heavy (non-hydrogen) atoms. The number of rotatable bonds is 3. The summed E-state index contributed by atoms with van der Waals surface area (Å²) >= 11 is 0. The minimum absolute atomic E-state index is 0.0670. The van der Waals surface area contributed by atoms with Crippen molar-refractivity contribution in [1.29, 1.82) is 0 Å². The van der Waals surface area contributed by atoms with Gasteiger partial charge in [0.2, 0.25) is 5.91 Å². The smallest absolute Gasteiger partial charge is 0.234 e. The number of nitrogens with one attached hydrogen (secondary N) is 2. The molecule has 0 aliphatic heterocycles. The zero-order valence-corrected chi connectivity index (χ0v) is 8.49. The number of hydrogen-bond donors (Lipinski definition) is 3. The lowest BCUT2D eigenvalue weighted by molar-refractivity contribution is -0.122. The van der Waals surface area contributed by atoms with Gasteiger partial charge in [0, 0.05) is 6.04 Å². The summed E-state index contributed by atoms with van der Waals surface area (Å²) in [5, 5.41) is 15.4. The lowest BCUT2D eigenvalue weighted by Crippen LogP contribution is -2.53. The van der Waals surface area contributed by atoms with Crippen LogP contribution in [0.5, 0.6) is 0 Å². The molecule has 0 bridgehead atoms. The van der Waals surface area contributed by atoms with E-state index in [9.17, 15) is 9.90 Å². The van der Waals surface area contributed by atoms with Crippen LogP contribution < -0.4 is 10.6 Å². The zero-order chi connectivity index (χ0) is 10.1. The highest BCUT2D eigenvalue weighted by atomic mass is 16.3. The molecular formula is C10H18N2O2. The highest BCUT2D eigenvalue weighted by Gasteiger charge is 2.48. The average molecular weight is 198 g/mol. The minimum Gasteiger partial charge on any atom is -0.393 e. The van der Waals surface area contributed by atoms with E-state index in [0.717, 1.165) is 19.3 Å². The molecule has 4 nitrogen and oxygen atoms in total. The Morgan fingerprint density at radius 1 is 1.43 bits per heavy atom. The van der Waals surface area contributed by atoms with Crippen LogP contribution in [-0.4, -0.2) is 36.8 Å². The molecule has 0 radical (unpaired) electrons. The Kier molecular flexibility index (Phi) is 2.74. The predicted molar refractivity (Wildman–Crippen MR) is 52.7 cm³/mol. The number of fused-ring (bicyclic) bond motifs is 1. The number of aliphatic hydroxyl groups excluding tert-OH is 1. The largest absolute Gasteiger partial charge is 0.393 e. The standard InChI is InChI=1S/C10H18N2O2/c1-11-5-10(14)12-8-4-7-6(8)2-3-9(7)13/h6-9,11,13H,2-5H2,1H3,(H,12,14). The quantitative estimate of drug-likeness (QED) is 0.572. The molecule has 2 saturated carbocycles. The van der Waals surface area contributed by atoms with Crippen molar-refractivity contribution in [2.75, 3.05) is 13.6 Å². The van der Waals surface area contributed by atoms with Crippen molar-refractivity contribution >= 4 is 5.91 Å². The highest BCUT2D eigenvalue weighted by Crippen LogP contribution is 2.46. The maximum Gasteiger partial charge on any atom is 0.234 e. The number of hydrogen-bond acceptors (Lipinski definition) is 3. The molecule has 0 saturated heterocycles. The molecule has 2 aliphatic rings. The van der Waals surface area contributed by atoms with E-state index < -0.39 is 0 Å². The molecule has 4 heteroatoms. The van der Waals surface area contributed by atoms with Crippen molar-refractivity contribution in [3.63, 3.8) is 0 Å². The van der Waals surface area contributed by atoms with Crippen LogP contribution in [0.15, 0.2) is 0 Å². The number of likely N-dealkylation sites (N-methyl/N-ethyl adjacent to an activating group) is 1. The van der Waals surface area contributed by atoms with E-state index in [1.54, 1.807) is 7.05 Å². The van der Waals surface area contributed by atoms with Gasteiger partial charge < -0.3 is 15.7 Å². The van der Waals surface area contributed by atoms with Gasteiger partial charge in [-0.05, 0) is 38.1 Å². The molecule has 4 unspecified atom stereocenters. The number of carbonyl (C=O) groups excluding carboxylic acids is 1. The summed E-state index contributed by atoms with van der Waals surface area (Å²) in [7, 11) is 1.77. The lowest BCUT2D eigenvalue weighted by Gasteiger charge is -2.42. The summed E-state index contributed by atoms with van der Waals surface area (Å²) in [5.41, 5.74) is 0. The summed E-state index contributed by atoms with van der Waals surface area (Å²) < 4.78 is 0. The van der Waals surface area contributed by atoms with Gasteiger partial charge in [-0.15, -0.1) is 0 Å². The van der Waals surface area contributed by atoms with E-state index in [4.69, 9.17) is 0 Å². The first-order valence-electron chi connectivity index (χ1n) is 5.34. The van der Waals surface area contributed by atoms with Gasteiger partial charge in [0.15, 0.2) is 0 Å². The van der Waals surface area contributed by atoms with Gasteiger partial charge in [0.1, 0.15) is 0 Å². The fraction of sp³-hybridized carbons (Fsp3) is 0.900. The second kappa shape index (κ2) is 3.87. The van der Waals surface area contributed by atoms with E-state index in [-0.39, 0.29) is 12.0 Å². The number of aliphatic hydroxyl groups is 1. The van der Waals surface area contributed by atoms with Gasteiger partial charge in [-0.3, -0.25) is 4.79 Å².